The first-order chi connectivity index (χ1) is 25.0. The van der Waals surface area contributed by atoms with Crippen molar-refractivity contribution in [2.24, 2.45) is 11.8 Å². The van der Waals surface area contributed by atoms with Crippen LogP contribution < -0.4 is 0 Å². The van der Waals surface area contributed by atoms with Gasteiger partial charge >= 0.3 is 35.8 Å². The zero-order valence-corrected chi connectivity index (χ0v) is 33.2. The van der Waals surface area contributed by atoms with Crippen LogP contribution >= 0.6 is 0 Å². The van der Waals surface area contributed by atoms with E-state index in [4.69, 9.17) is 33.2 Å². The molecule has 14 nitrogen and oxygen atoms in total. The minimum absolute atomic E-state index is 0.0815. The molecule has 0 heterocycles. The number of allylic oxidation sites excluding steroid dienone is 2. The Morgan fingerprint density at radius 1 is 0.623 bits per heavy atom. The highest BCUT2D eigenvalue weighted by Gasteiger charge is 2.44. The number of esters is 6. The van der Waals surface area contributed by atoms with Gasteiger partial charge in [-0.1, -0.05) is 57.6 Å². The summed E-state index contributed by atoms with van der Waals surface area (Å²) in [5, 5.41) is 11.0. The Labute approximate surface area is 314 Å². The van der Waals surface area contributed by atoms with Crippen molar-refractivity contribution in [3.63, 3.8) is 0 Å². The third-order valence-corrected chi connectivity index (χ3v) is 9.03. The summed E-state index contributed by atoms with van der Waals surface area (Å²) in [7, 11) is 1.30. The summed E-state index contributed by atoms with van der Waals surface area (Å²) in [6.07, 6.45) is 5.95. The molecule has 1 aliphatic rings. The Kier molecular flexibility index (Phi) is 22.8. The van der Waals surface area contributed by atoms with Crippen LogP contribution in [-0.2, 0) is 61.9 Å². The highest BCUT2D eigenvalue weighted by molar-refractivity contribution is 5.86. The summed E-state index contributed by atoms with van der Waals surface area (Å²) >= 11 is 0. The van der Waals surface area contributed by atoms with E-state index in [9.17, 15) is 33.9 Å². The Balaban J connectivity index is 2.76. The van der Waals surface area contributed by atoms with Crippen molar-refractivity contribution in [2.45, 2.75) is 181 Å². The zero-order valence-electron chi connectivity index (χ0n) is 33.2. The first-order valence-corrected chi connectivity index (χ1v) is 19.1. The number of aliphatic hydroxyl groups is 1. The second kappa shape index (κ2) is 25.5. The van der Waals surface area contributed by atoms with Gasteiger partial charge < -0.3 is 38.3 Å². The highest BCUT2D eigenvalue weighted by Crippen LogP contribution is 2.40. The van der Waals surface area contributed by atoms with Crippen molar-refractivity contribution in [1.82, 2.24) is 0 Å². The fourth-order valence-electron chi connectivity index (χ4n) is 5.85. The highest BCUT2D eigenvalue weighted by atomic mass is 16.6. The van der Waals surface area contributed by atoms with Crippen molar-refractivity contribution >= 4 is 35.8 Å². The van der Waals surface area contributed by atoms with Gasteiger partial charge in [0, 0.05) is 25.9 Å². The molecule has 0 spiro atoms. The molecule has 1 rings (SSSR count). The molecule has 0 radical (unpaired) electrons. The van der Waals surface area contributed by atoms with E-state index < -0.39 is 72.6 Å². The molecular weight excluding hydrogens is 692 g/mol. The van der Waals surface area contributed by atoms with E-state index >= 15 is 0 Å². The lowest BCUT2D eigenvalue weighted by Gasteiger charge is -2.25. The fourth-order valence-corrected chi connectivity index (χ4v) is 5.85. The third-order valence-electron chi connectivity index (χ3n) is 9.03. The normalized spacial score (nSPS) is 21.3. The van der Waals surface area contributed by atoms with Crippen LogP contribution in [0.25, 0.3) is 0 Å². The predicted molar refractivity (Wildman–Crippen MR) is 193 cm³/mol. The number of hydrogen-bond donors (Lipinski definition) is 1. The van der Waals surface area contributed by atoms with E-state index in [1.807, 2.05) is 26.0 Å². The lowest BCUT2D eigenvalue weighted by Crippen LogP contribution is -2.38. The number of rotatable bonds is 25. The number of ether oxygens (including phenoxy) is 7. The van der Waals surface area contributed by atoms with Crippen molar-refractivity contribution in [3.05, 3.63) is 12.2 Å². The molecule has 0 aromatic carbocycles. The Morgan fingerprint density at radius 2 is 1.11 bits per heavy atom. The molecule has 5 unspecified atom stereocenters. The predicted octanol–water partition coefficient (Wildman–Crippen LogP) is 5.48. The number of methoxy groups -OCH3 is 1. The average Bonchev–Trinajstić information content (AvgIpc) is 3.38. The van der Waals surface area contributed by atoms with Crippen LogP contribution in [0.4, 0.5) is 0 Å². The Bertz CT molecular complexity index is 1180. The quantitative estimate of drug-likeness (QED) is 0.0534. The summed E-state index contributed by atoms with van der Waals surface area (Å²) in [5.41, 5.74) is 0. The molecule has 0 aromatic rings. The monoisotopic (exact) mass is 756 g/mol. The van der Waals surface area contributed by atoms with Gasteiger partial charge in [0.1, 0.15) is 6.10 Å². The molecule has 1 fully saturated rings. The van der Waals surface area contributed by atoms with Crippen molar-refractivity contribution in [3.8, 4) is 0 Å². The van der Waals surface area contributed by atoms with Crippen molar-refractivity contribution in [1.29, 1.82) is 0 Å². The molecular formula is C39H64O14. The second-order valence-electron chi connectivity index (χ2n) is 14.0. The molecule has 0 saturated heterocycles. The number of carbonyl (C=O) groups is 6. The molecule has 0 aliphatic heterocycles. The van der Waals surface area contributed by atoms with Gasteiger partial charge in [-0.25, -0.2) is 24.0 Å². The first-order valence-electron chi connectivity index (χ1n) is 19.1. The maximum atomic E-state index is 13.1. The van der Waals surface area contributed by atoms with Crippen LogP contribution in [0, 0.1) is 11.8 Å². The van der Waals surface area contributed by atoms with Gasteiger partial charge in [-0.2, -0.15) is 0 Å². The van der Waals surface area contributed by atoms with Gasteiger partial charge in [-0.05, 0) is 80.1 Å². The van der Waals surface area contributed by atoms with E-state index in [2.05, 4.69) is 6.92 Å². The summed E-state index contributed by atoms with van der Waals surface area (Å²) in [6, 6.07) is 0. The van der Waals surface area contributed by atoms with Gasteiger partial charge in [0.15, 0.2) is 30.5 Å². The SMILES string of the molecule is CCCCCCCC[C@@H]1[C@@H](C/C=C\CCCC(=O)OC(C)C)[C@@H](OC(=O)C(C)OC(=O)C(C)OC(=O)C(C)OC(=O)C(C)OC(=O)C(C)OC)C[C@H]1O. The van der Waals surface area contributed by atoms with Gasteiger partial charge in [-0.3, -0.25) is 4.79 Å². The summed E-state index contributed by atoms with van der Waals surface area (Å²) in [4.78, 5) is 74.3. The zero-order chi connectivity index (χ0) is 40.1. The van der Waals surface area contributed by atoms with Crippen LogP contribution in [0.3, 0.4) is 0 Å². The Hall–Kier alpha value is -3.52. The van der Waals surface area contributed by atoms with Gasteiger partial charge in [0.25, 0.3) is 0 Å². The van der Waals surface area contributed by atoms with Crippen LogP contribution in [0.5, 0.6) is 0 Å². The smallest absolute Gasteiger partial charge is 0.347 e. The molecule has 1 aliphatic carbocycles. The lowest BCUT2D eigenvalue weighted by atomic mass is 9.86. The lowest BCUT2D eigenvalue weighted by molar-refractivity contribution is -0.186. The summed E-state index contributed by atoms with van der Waals surface area (Å²) < 4.78 is 36.1. The van der Waals surface area contributed by atoms with E-state index in [1.165, 1.54) is 54.6 Å². The number of carbonyl (C=O) groups excluding carboxylic acids is 6. The topological polar surface area (TPSA) is 187 Å². The first kappa shape index (κ1) is 47.5. The number of unbranched alkanes of at least 4 members (excludes halogenated alkanes) is 6. The summed E-state index contributed by atoms with van der Waals surface area (Å²) in [6.45, 7) is 12.3. The van der Waals surface area contributed by atoms with Crippen LogP contribution in [0.15, 0.2) is 12.2 Å². The van der Waals surface area contributed by atoms with E-state index in [0.29, 0.717) is 25.7 Å². The molecule has 9 atom stereocenters. The largest absolute Gasteiger partial charge is 0.463 e. The van der Waals surface area contributed by atoms with Gasteiger partial charge in [0.05, 0.1) is 12.2 Å². The average molecular weight is 757 g/mol. The molecule has 304 valence electrons. The minimum atomic E-state index is -1.46. The van der Waals surface area contributed by atoms with Crippen LogP contribution in [0.2, 0.25) is 0 Å². The van der Waals surface area contributed by atoms with E-state index in [0.717, 1.165) is 32.1 Å². The number of hydrogen-bond acceptors (Lipinski definition) is 14. The molecule has 1 N–H and O–H groups in total. The summed E-state index contributed by atoms with van der Waals surface area (Å²) in [5.74, 6) is -5.18. The van der Waals surface area contributed by atoms with Gasteiger partial charge in [-0.15, -0.1) is 0 Å². The van der Waals surface area contributed by atoms with Crippen LogP contribution in [-0.4, -0.2) is 96.9 Å². The Morgan fingerprint density at radius 3 is 1.62 bits per heavy atom. The molecule has 0 amide bonds. The van der Waals surface area contributed by atoms with Crippen molar-refractivity contribution in [2.75, 3.05) is 7.11 Å². The number of aliphatic hydroxyl groups excluding tert-OH is 1. The molecule has 0 aromatic heterocycles. The molecule has 53 heavy (non-hydrogen) atoms. The van der Waals surface area contributed by atoms with Gasteiger partial charge in [0.2, 0.25) is 0 Å². The standard InChI is InChI=1S/C39H64O14/c1-10-11-12-13-14-17-20-30-31(21-18-15-16-19-22-34(41)48-24(2)3)33(23-32(30)40)53-39(46)29(8)52-38(45)28(7)51-37(44)27(6)50-36(43)26(5)49-35(42)25(4)47-9/h15,18,24-33,40H,10-14,16-17,19-23H2,1-9H3/b18-15-/t25?,26?,27?,28?,29?,30-,31-,32-,33+/m1/s1. The fraction of sp³-hybridized carbons (Fsp3) is 0.795. The van der Waals surface area contributed by atoms with E-state index in [1.54, 1.807) is 0 Å². The molecule has 14 heteroatoms. The minimum Gasteiger partial charge on any atom is -0.463 e. The molecule has 0 bridgehead atoms. The maximum absolute atomic E-state index is 13.1. The van der Waals surface area contributed by atoms with Crippen LogP contribution in [0.1, 0.15) is 132 Å². The van der Waals surface area contributed by atoms with E-state index in [-0.39, 0.29) is 30.3 Å². The second-order valence-corrected chi connectivity index (χ2v) is 14.0. The third kappa shape index (κ3) is 18.4. The maximum Gasteiger partial charge on any atom is 0.347 e. The van der Waals surface area contributed by atoms with Crippen molar-refractivity contribution < 1.29 is 67.0 Å². The molecule has 1 saturated carbocycles.